The summed E-state index contributed by atoms with van der Waals surface area (Å²) in [6, 6.07) is 13.8. The fourth-order valence-electron chi connectivity index (χ4n) is 4.83. The number of aliphatic hydroxyl groups is 2. The molecule has 0 unspecified atom stereocenters. The predicted octanol–water partition coefficient (Wildman–Crippen LogP) is 4.82. The third-order valence-electron chi connectivity index (χ3n) is 6.89. The van der Waals surface area contributed by atoms with Crippen LogP contribution in [0.25, 0.3) is 10.9 Å². The summed E-state index contributed by atoms with van der Waals surface area (Å²) >= 11 is 0. The van der Waals surface area contributed by atoms with E-state index in [-0.39, 0.29) is 29.0 Å². The van der Waals surface area contributed by atoms with Gasteiger partial charge in [-0.05, 0) is 61.2 Å². The highest BCUT2D eigenvalue weighted by Gasteiger charge is 2.51. The topological polar surface area (TPSA) is 93.0 Å². The Labute approximate surface area is 203 Å². The molecule has 5 rings (SSSR count). The average molecular weight is 471 g/mol. The van der Waals surface area contributed by atoms with Crippen LogP contribution in [0.15, 0.2) is 42.5 Å². The molecule has 1 aliphatic carbocycles. The van der Waals surface area contributed by atoms with Crippen molar-refractivity contribution in [2.75, 3.05) is 18.7 Å². The molecule has 3 aromatic rings. The van der Waals surface area contributed by atoms with Crippen LogP contribution in [0, 0.1) is 0 Å². The Morgan fingerprint density at radius 3 is 2.62 bits per heavy atom. The quantitative estimate of drug-likeness (QED) is 0.460. The minimum absolute atomic E-state index is 0. The van der Waals surface area contributed by atoms with Crippen molar-refractivity contribution in [1.29, 1.82) is 0 Å². The second-order valence-corrected chi connectivity index (χ2v) is 10.4. The third-order valence-corrected chi connectivity index (χ3v) is 6.89. The largest absolute Gasteiger partial charge is 0.454 e. The lowest BCUT2D eigenvalue weighted by atomic mass is 9.92. The van der Waals surface area contributed by atoms with E-state index < -0.39 is 11.5 Å². The van der Waals surface area contributed by atoms with Gasteiger partial charge in [0.05, 0.1) is 11.5 Å². The van der Waals surface area contributed by atoms with E-state index in [9.17, 15) is 15.0 Å². The minimum atomic E-state index is -0.627. The number of fused-ring (bicyclic) bond motifs is 2. The number of ether oxygens (including phenoxy) is 2. The van der Waals surface area contributed by atoms with Gasteiger partial charge < -0.3 is 29.6 Å². The van der Waals surface area contributed by atoms with Crippen LogP contribution in [-0.4, -0.2) is 40.2 Å². The van der Waals surface area contributed by atoms with E-state index in [4.69, 9.17) is 9.47 Å². The highest BCUT2D eigenvalue weighted by atomic mass is 16.7. The van der Waals surface area contributed by atoms with Crippen LogP contribution in [0.2, 0.25) is 0 Å². The third kappa shape index (κ3) is 4.03. The summed E-state index contributed by atoms with van der Waals surface area (Å²) in [5.41, 5.74) is 3.14. The van der Waals surface area contributed by atoms with E-state index in [0.717, 1.165) is 40.7 Å². The number of carbonyl (C=O) groups excluding carboxylic acids is 1. The number of nitrogens with one attached hydrogen (secondary N) is 1. The van der Waals surface area contributed by atoms with Crippen molar-refractivity contribution in [2.24, 2.45) is 0 Å². The summed E-state index contributed by atoms with van der Waals surface area (Å²) in [6.45, 7) is 7.00. The number of hydrogen-bond acceptors (Lipinski definition) is 5. The predicted molar refractivity (Wildman–Crippen MR) is 137 cm³/mol. The van der Waals surface area contributed by atoms with Crippen LogP contribution in [-0.2, 0) is 22.2 Å². The van der Waals surface area contributed by atoms with Crippen LogP contribution in [0.1, 0.15) is 55.6 Å². The van der Waals surface area contributed by atoms with Gasteiger partial charge in [-0.15, -0.1) is 0 Å². The molecule has 2 heterocycles. The van der Waals surface area contributed by atoms with E-state index in [0.29, 0.717) is 24.5 Å². The molecule has 2 aromatic carbocycles. The molecule has 0 spiro atoms. The number of nitrogens with zero attached hydrogens (tertiary/aromatic N) is 1. The van der Waals surface area contributed by atoms with Crippen molar-refractivity contribution in [1.82, 2.24) is 4.57 Å². The highest BCUT2D eigenvalue weighted by Crippen LogP contribution is 2.51. The lowest BCUT2D eigenvalue weighted by molar-refractivity contribution is -0.118. The Balaban J connectivity index is 0.00000160. The molecule has 1 aliphatic heterocycles. The molecule has 1 atom stereocenters. The smallest absolute Gasteiger partial charge is 0.235 e. The van der Waals surface area contributed by atoms with Gasteiger partial charge in [0.15, 0.2) is 11.5 Å². The average Bonchev–Trinajstić information content (AvgIpc) is 3.33. The number of hydrogen-bond donors (Lipinski definition) is 3. The Bertz CT molecular complexity index is 1250. The van der Waals surface area contributed by atoms with Crippen molar-refractivity contribution < 1.29 is 28.8 Å². The molecular formula is C27H38N2O5. The molecule has 3 N–H and O–H groups in total. The summed E-state index contributed by atoms with van der Waals surface area (Å²) in [5.74, 6) is 1.39. The molecule has 7 nitrogen and oxygen atoms in total. The number of anilines is 1. The Kier molecular flexibility index (Phi) is 5.57. The summed E-state index contributed by atoms with van der Waals surface area (Å²) in [5, 5.41) is 23.7. The monoisotopic (exact) mass is 470 g/mol. The molecule has 1 saturated carbocycles. The molecule has 7 heteroatoms. The summed E-state index contributed by atoms with van der Waals surface area (Å²) in [6.07, 6.45) is 1.30. The first-order valence-electron chi connectivity index (χ1n) is 11.9. The van der Waals surface area contributed by atoms with Crippen molar-refractivity contribution in [3.05, 3.63) is 53.7 Å². The standard InChI is InChI=1S/C27H32N2O5.3H2/c1-26(2,3)24-13-17-12-19(5-6-21(17)29(24)15-20(31)8-11-30)28-25(32)27(9-10-27)18-4-7-22-23(14-18)34-16-33-22;;;/h4-7,12-14,20,30-31H,8-11,15-16H2,1-3H3,(H,28,32);3*1H/t20-;;;/m0.../s1. The molecule has 1 aromatic heterocycles. The minimum Gasteiger partial charge on any atom is -0.454 e. The second kappa shape index (κ2) is 8.32. The number of aliphatic hydroxyl groups excluding tert-OH is 2. The molecule has 0 radical (unpaired) electrons. The Morgan fingerprint density at radius 1 is 1.15 bits per heavy atom. The SMILES string of the molecule is CC(C)(C)c1cc2cc(NC(=O)C3(c4ccc5c(c4)OCO5)CC3)ccc2n1C[C@@H](O)CCO.[HH].[HH].[HH]. The zero-order valence-corrected chi connectivity index (χ0v) is 19.9. The van der Waals surface area contributed by atoms with E-state index >= 15 is 0 Å². The number of carbonyl (C=O) groups is 1. The first kappa shape index (κ1) is 22.7. The van der Waals surface area contributed by atoms with E-state index in [1.54, 1.807) is 0 Å². The number of aromatic nitrogens is 1. The molecule has 1 fully saturated rings. The lowest BCUT2D eigenvalue weighted by Gasteiger charge is -2.23. The molecule has 2 aliphatic rings. The van der Waals surface area contributed by atoms with Crippen molar-refractivity contribution in [3.8, 4) is 11.5 Å². The van der Waals surface area contributed by atoms with E-state index in [1.807, 2.05) is 36.4 Å². The molecule has 1 amide bonds. The molecule has 186 valence electrons. The van der Waals surface area contributed by atoms with Gasteiger partial charge in [-0.2, -0.15) is 0 Å². The number of amides is 1. The van der Waals surface area contributed by atoms with Crippen molar-refractivity contribution in [3.63, 3.8) is 0 Å². The summed E-state index contributed by atoms with van der Waals surface area (Å²) in [7, 11) is 0. The normalized spacial score (nSPS) is 17.1. The van der Waals surface area contributed by atoms with Crippen LogP contribution >= 0.6 is 0 Å². The number of benzene rings is 2. The highest BCUT2D eigenvalue weighted by molar-refractivity contribution is 6.02. The van der Waals surface area contributed by atoms with Gasteiger partial charge in [0.1, 0.15) is 0 Å². The molecular weight excluding hydrogens is 432 g/mol. The van der Waals surface area contributed by atoms with E-state index in [2.05, 4.69) is 36.7 Å². The van der Waals surface area contributed by atoms with Crippen LogP contribution in [0.3, 0.4) is 0 Å². The Hall–Kier alpha value is -3.03. The Morgan fingerprint density at radius 2 is 1.91 bits per heavy atom. The maximum absolute atomic E-state index is 13.3. The first-order chi connectivity index (χ1) is 16.2. The zero-order chi connectivity index (χ0) is 24.1. The van der Waals surface area contributed by atoms with Crippen molar-refractivity contribution >= 4 is 22.5 Å². The van der Waals surface area contributed by atoms with E-state index in [1.165, 1.54) is 0 Å². The molecule has 0 bridgehead atoms. The van der Waals surface area contributed by atoms with Gasteiger partial charge in [-0.1, -0.05) is 26.8 Å². The van der Waals surface area contributed by atoms with Gasteiger partial charge in [-0.25, -0.2) is 0 Å². The van der Waals surface area contributed by atoms with Crippen LogP contribution < -0.4 is 14.8 Å². The van der Waals surface area contributed by atoms with Crippen molar-refractivity contribution in [2.45, 2.75) is 63.5 Å². The zero-order valence-electron chi connectivity index (χ0n) is 19.9. The summed E-state index contributed by atoms with van der Waals surface area (Å²) in [4.78, 5) is 13.3. The van der Waals surface area contributed by atoms with Crippen LogP contribution in [0.4, 0.5) is 5.69 Å². The van der Waals surface area contributed by atoms with Gasteiger partial charge >= 0.3 is 0 Å². The maximum Gasteiger partial charge on any atom is 0.235 e. The lowest BCUT2D eigenvalue weighted by Crippen LogP contribution is -2.27. The summed E-state index contributed by atoms with van der Waals surface area (Å²) < 4.78 is 13.0. The number of rotatable bonds is 7. The fourth-order valence-corrected chi connectivity index (χ4v) is 4.83. The van der Waals surface area contributed by atoms with Gasteiger partial charge in [0.2, 0.25) is 12.7 Å². The fraction of sp³-hybridized carbons (Fsp3) is 0.444. The second-order valence-electron chi connectivity index (χ2n) is 10.4. The van der Waals surface area contributed by atoms with Crippen LogP contribution in [0.5, 0.6) is 11.5 Å². The van der Waals surface area contributed by atoms with Gasteiger partial charge in [-0.3, -0.25) is 4.79 Å². The first-order valence-corrected chi connectivity index (χ1v) is 11.9. The molecule has 34 heavy (non-hydrogen) atoms. The van der Waals surface area contributed by atoms with Gasteiger partial charge in [0.25, 0.3) is 0 Å². The maximum atomic E-state index is 13.3. The van der Waals surface area contributed by atoms with Gasteiger partial charge in [0, 0.05) is 45.1 Å². The molecule has 0 saturated heterocycles.